The van der Waals surface area contributed by atoms with Crippen LogP contribution in [0.2, 0.25) is 0 Å². The van der Waals surface area contributed by atoms with Crippen LogP contribution in [0, 0.1) is 5.39 Å². The molecule has 0 aliphatic heterocycles. The largest absolute Gasteiger partial charge is 0.481 e. The summed E-state index contributed by atoms with van der Waals surface area (Å²) in [5.74, 6) is -1.07. The lowest BCUT2D eigenvalue weighted by atomic mass is 9.98. The minimum absolute atomic E-state index is 0.0283. The van der Waals surface area contributed by atoms with Gasteiger partial charge in [-0.05, 0) is 28.7 Å². The molecular formula is C19H18N3O4+. The number of carbonyl (C=O) groups is 2. The van der Waals surface area contributed by atoms with Crippen molar-refractivity contribution in [1.82, 2.24) is 5.01 Å². The maximum atomic E-state index is 12.1. The Morgan fingerprint density at radius 2 is 1.65 bits per heavy atom. The van der Waals surface area contributed by atoms with Gasteiger partial charge in [0.1, 0.15) is 13.2 Å². The van der Waals surface area contributed by atoms with Gasteiger partial charge in [-0.25, -0.2) is 4.79 Å². The zero-order valence-corrected chi connectivity index (χ0v) is 14.0. The van der Waals surface area contributed by atoms with Crippen molar-refractivity contribution >= 4 is 12.1 Å². The van der Waals surface area contributed by atoms with Gasteiger partial charge in [0.2, 0.25) is 0 Å². The number of nitrogens with zero attached hydrogens (tertiary/aromatic N) is 3. The predicted molar refractivity (Wildman–Crippen MR) is 93.7 cm³/mol. The first-order valence-corrected chi connectivity index (χ1v) is 8.31. The minimum Gasteiger partial charge on any atom is -0.481 e. The highest BCUT2D eigenvalue weighted by Crippen LogP contribution is 2.44. The van der Waals surface area contributed by atoms with Gasteiger partial charge in [0.05, 0.1) is 5.01 Å². The summed E-state index contributed by atoms with van der Waals surface area (Å²) in [7, 11) is 0. The molecule has 26 heavy (non-hydrogen) atoms. The Hall–Kier alpha value is -3.40. The van der Waals surface area contributed by atoms with Crippen LogP contribution in [0.1, 0.15) is 29.9 Å². The Morgan fingerprint density at radius 3 is 2.19 bits per heavy atom. The van der Waals surface area contributed by atoms with Gasteiger partial charge in [0.15, 0.2) is 0 Å². The van der Waals surface area contributed by atoms with E-state index in [2.05, 4.69) is 5.08 Å². The molecule has 2 aromatic rings. The van der Waals surface area contributed by atoms with Gasteiger partial charge in [-0.15, -0.1) is 0 Å². The van der Waals surface area contributed by atoms with E-state index >= 15 is 0 Å². The van der Waals surface area contributed by atoms with Crippen LogP contribution < -0.4 is 0 Å². The summed E-state index contributed by atoms with van der Waals surface area (Å²) in [6, 6.07) is 15.9. The Bertz CT molecular complexity index is 830. The summed E-state index contributed by atoms with van der Waals surface area (Å²) in [4.78, 5) is 22.7. The fourth-order valence-corrected chi connectivity index (χ4v) is 3.22. The van der Waals surface area contributed by atoms with Crippen molar-refractivity contribution in [3.8, 4) is 11.1 Å². The first-order chi connectivity index (χ1) is 12.6. The number of carbonyl (C=O) groups excluding carboxylic acids is 1. The molecule has 0 saturated carbocycles. The fraction of sp³-hybridized carbons (Fsp3) is 0.263. The summed E-state index contributed by atoms with van der Waals surface area (Å²) in [5, 5.41) is 21.2. The summed E-state index contributed by atoms with van der Waals surface area (Å²) in [6.45, 7) is 0.0806. The third kappa shape index (κ3) is 3.49. The molecule has 0 bridgehead atoms. The van der Waals surface area contributed by atoms with Crippen LogP contribution in [-0.2, 0) is 9.53 Å². The monoisotopic (exact) mass is 352 g/mol. The second-order valence-corrected chi connectivity index (χ2v) is 6.01. The normalized spacial score (nSPS) is 12.0. The average molecular weight is 352 g/mol. The molecule has 0 fully saturated rings. The Balaban J connectivity index is 1.68. The molecule has 1 aliphatic carbocycles. The zero-order valence-electron chi connectivity index (χ0n) is 14.0. The number of aliphatic carboxylic acids is 1. The van der Waals surface area contributed by atoms with Gasteiger partial charge >= 0.3 is 17.1 Å². The summed E-state index contributed by atoms with van der Waals surface area (Å²) < 4.78 is 5.34. The number of hydrogen-bond donors (Lipinski definition) is 1. The average Bonchev–Trinajstić information content (AvgIpc) is 2.97. The fourth-order valence-electron chi connectivity index (χ4n) is 3.22. The van der Waals surface area contributed by atoms with Crippen LogP contribution in [0.5, 0.6) is 0 Å². The molecule has 0 unspecified atom stereocenters. The molecule has 132 valence electrons. The lowest BCUT2D eigenvalue weighted by molar-refractivity contribution is -0.137. The smallest absolute Gasteiger partial charge is 0.480 e. The molecule has 1 aliphatic rings. The molecule has 7 nitrogen and oxygen atoms in total. The first kappa shape index (κ1) is 17.4. The highest BCUT2D eigenvalue weighted by molar-refractivity contribution is 5.79. The van der Waals surface area contributed by atoms with E-state index in [0.29, 0.717) is 0 Å². The maximum absolute atomic E-state index is 12.1. The number of ether oxygens (including phenoxy) is 1. The molecular weight excluding hydrogens is 334 g/mol. The predicted octanol–water partition coefficient (Wildman–Crippen LogP) is 3.87. The van der Waals surface area contributed by atoms with Crippen LogP contribution in [0.3, 0.4) is 0 Å². The quantitative estimate of drug-likeness (QED) is 0.629. The van der Waals surface area contributed by atoms with Crippen molar-refractivity contribution in [2.75, 3.05) is 13.2 Å². The lowest BCUT2D eigenvalue weighted by Gasteiger charge is -2.13. The van der Waals surface area contributed by atoms with Crippen LogP contribution in [-0.4, -0.2) is 35.3 Å². The van der Waals surface area contributed by atoms with Crippen LogP contribution in [0.4, 0.5) is 4.79 Å². The van der Waals surface area contributed by atoms with Crippen LogP contribution in [0.15, 0.2) is 48.5 Å². The highest BCUT2D eigenvalue weighted by Gasteiger charge is 2.32. The number of carboxylic acids is 1. The number of amides is 1. The van der Waals surface area contributed by atoms with Crippen molar-refractivity contribution in [1.29, 1.82) is 5.39 Å². The van der Waals surface area contributed by atoms with Crippen molar-refractivity contribution in [3.05, 3.63) is 64.7 Å². The van der Waals surface area contributed by atoms with Crippen molar-refractivity contribution in [3.63, 3.8) is 0 Å². The van der Waals surface area contributed by atoms with E-state index in [9.17, 15) is 9.59 Å². The van der Waals surface area contributed by atoms with Crippen LogP contribution in [0.25, 0.3) is 16.2 Å². The molecule has 1 N–H and O–H groups in total. The van der Waals surface area contributed by atoms with Gasteiger partial charge in [0, 0.05) is 12.3 Å². The van der Waals surface area contributed by atoms with Gasteiger partial charge in [0.25, 0.3) is 5.39 Å². The van der Waals surface area contributed by atoms with E-state index < -0.39 is 12.1 Å². The van der Waals surface area contributed by atoms with E-state index in [-0.39, 0.29) is 31.9 Å². The number of benzene rings is 2. The highest BCUT2D eigenvalue weighted by atomic mass is 16.6. The van der Waals surface area contributed by atoms with E-state index in [1.54, 1.807) is 0 Å². The molecule has 2 aromatic carbocycles. The Morgan fingerprint density at radius 1 is 1.08 bits per heavy atom. The molecule has 0 spiro atoms. The second-order valence-electron chi connectivity index (χ2n) is 6.01. The van der Waals surface area contributed by atoms with Crippen LogP contribution >= 0.6 is 0 Å². The summed E-state index contributed by atoms with van der Waals surface area (Å²) >= 11 is 0. The SMILES string of the molecule is N#[N+]N(CCCC(=O)O)C(=O)OCC1c2ccccc2-c2ccccc21. The molecule has 3 rings (SSSR count). The maximum Gasteiger partial charge on any atom is 0.480 e. The molecule has 1 amide bonds. The Labute approximate surface area is 150 Å². The third-order valence-electron chi connectivity index (χ3n) is 4.42. The molecule has 0 heterocycles. The third-order valence-corrected chi connectivity index (χ3v) is 4.42. The molecule has 0 saturated heterocycles. The topological polar surface area (TPSA) is 95.0 Å². The zero-order chi connectivity index (χ0) is 18.5. The van der Waals surface area contributed by atoms with E-state index in [4.69, 9.17) is 15.2 Å². The van der Waals surface area contributed by atoms with Gasteiger partial charge < -0.3 is 9.84 Å². The van der Waals surface area contributed by atoms with Crippen molar-refractivity contribution in [2.45, 2.75) is 18.8 Å². The molecule has 0 aromatic heterocycles. The van der Waals surface area contributed by atoms with E-state index in [1.807, 2.05) is 48.5 Å². The van der Waals surface area contributed by atoms with Gasteiger partial charge in [-0.1, -0.05) is 48.5 Å². The molecule has 0 atom stereocenters. The summed E-state index contributed by atoms with van der Waals surface area (Å²) in [5.41, 5.74) is 4.41. The van der Waals surface area contributed by atoms with Gasteiger partial charge in [-0.3, -0.25) is 4.79 Å². The first-order valence-electron chi connectivity index (χ1n) is 8.31. The number of rotatable bonds is 6. The molecule has 0 radical (unpaired) electrons. The standard InChI is InChI=1S/C19H17N3O4/c20-21-22(11-5-10-18(23)24)19(25)26-12-17-15-8-3-1-6-13(15)14-7-2-4-9-16(14)17/h1-4,6-9,17H,5,10-12H2/p+1. The summed E-state index contributed by atoms with van der Waals surface area (Å²) in [6.07, 6.45) is -0.758. The number of hydrogen-bond acceptors (Lipinski definition) is 4. The Kier molecular flexibility index (Phi) is 5.13. The second kappa shape index (κ2) is 7.66. The van der Waals surface area contributed by atoms with Crippen molar-refractivity contribution in [2.24, 2.45) is 0 Å². The number of diazo groups is 1. The van der Waals surface area contributed by atoms with E-state index in [1.165, 1.54) is 0 Å². The minimum atomic E-state index is -0.976. The lowest BCUT2D eigenvalue weighted by Crippen LogP contribution is -2.28. The van der Waals surface area contributed by atoms with Crippen molar-refractivity contribution < 1.29 is 19.4 Å². The number of fused-ring (bicyclic) bond motifs is 3. The molecule has 7 heteroatoms. The van der Waals surface area contributed by atoms with E-state index in [0.717, 1.165) is 27.3 Å². The number of carboxylic acid groups (broad SMARTS) is 1. The van der Waals surface area contributed by atoms with Gasteiger partial charge in [-0.2, -0.15) is 0 Å².